The molecule has 0 radical (unpaired) electrons. The van der Waals surface area contributed by atoms with Crippen molar-refractivity contribution in [2.24, 2.45) is 0 Å². The van der Waals surface area contributed by atoms with Gasteiger partial charge in [-0.1, -0.05) is 32.9 Å². The monoisotopic (exact) mass is 423 g/mol. The molecule has 166 valence electrons. The Morgan fingerprint density at radius 2 is 1.65 bits per heavy atom. The highest BCUT2D eigenvalue weighted by Gasteiger charge is 2.06. The molecular weight excluding hydrogens is 390 g/mol. The number of anilines is 1. The minimum absolute atomic E-state index is 0.115. The highest BCUT2D eigenvalue weighted by Crippen LogP contribution is 2.14. The molecule has 0 aliphatic carbocycles. The molecule has 2 amide bonds. The van der Waals surface area contributed by atoms with Gasteiger partial charge in [0.15, 0.2) is 0 Å². The third kappa shape index (κ3) is 8.64. The first-order valence-corrected chi connectivity index (χ1v) is 10.9. The van der Waals surface area contributed by atoms with E-state index in [0.29, 0.717) is 24.4 Å². The van der Waals surface area contributed by atoms with Crippen LogP contribution in [0.5, 0.6) is 5.75 Å². The van der Waals surface area contributed by atoms with E-state index in [4.69, 9.17) is 4.74 Å². The van der Waals surface area contributed by atoms with Gasteiger partial charge >= 0.3 is 0 Å². The Morgan fingerprint density at radius 3 is 2.26 bits per heavy atom. The molecule has 2 N–H and O–H groups in total. The molecule has 0 heterocycles. The minimum Gasteiger partial charge on any atom is -0.494 e. The zero-order chi connectivity index (χ0) is 22.5. The first-order valence-electron chi connectivity index (χ1n) is 10.9. The lowest BCUT2D eigenvalue weighted by Gasteiger charge is -2.17. The zero-order valence-corrected chi connectivity index (χ0v) is 18.7. The van der Waals surface area contributed by atoms with Gasteiger partial charge in [0.1, 0.15) is 5.75 Å². The molecular formula is C25H33N3O3. The van der Waals surface area contributed by atoms with Crippen molar-refractivity contribution in [1.82, 2.24) is 10.2 Å². The number of nitrogens with zero attached hydrogens (tertiary/aromatic N) is 1. The molecule has 31 heavy (non-hydrogen) atoms. The average molecular weight is 424 g/mol. The fourth-order valence-electron chi connectivity index (χ4n) is 2.93. The second-order valence-corrected chi connectivity index (χ2v) is 7.10. The summed E-state index contributed by atoms with van der Waals surface area (Å²) in [6, 6.07) is 14.5. The van der Waals surface area contributed by atoms with E-state index in [9.17, 15) is 9.59 Å². The van der Waals surface area contributed by atoms with Crippen LogP contribution in [0.15, 0.2) is 54.6 Å². The summed E-state index contributed by atoms with van der Waals surface area (Å²) in [5.74, 6) is 0.472. The van der Waals surface area contributed by atoms with E-state index in [0.717, 1.165) is 37.4 Å². The van der Waals surface area contributed by atoms with Crippen molar-refractivity contribution < 1.29 is 14.3 Å². The summed E-state index contributed by atoms with van der Waals surface area (Å²) >= 11 is 0. The molecule has 0 atom stereocenters. The maximum absolute atomic E-state index is 12.2. The molecule has 0 unspecified atom stereocenters. The predicted molar refractivity (Wildman–Crippen MR) is 126 cm³/mol. The van der Waals surface area contributed by atoms with E-state index < -0.39 is 0 Å². The first-order chi connectivity index (χ1) is 15.0. The molecule has 2 rings (SSSR count). The number of benzene rings is 2. The van der Waals surface area contributed by atoms with Gasteiger partial charge in [-0.15, -0.1) is 0 Å². The standard InChI is InChI=1S/C25H33N3O3/c1-4-19-31-23-14-7-20(8-15-23)9-16-24(29)27-22-12-10-21(11-13-22)25(30)26-17-18-28(5-2)6-3/h7-16H,4-6,17-19H2,1-3H3,(H,26,30)(H,27,29)/b16-9+. The normalized spacial score (nSPS) is 11.0. The van der Waals surface area contributed by atoms with E-state index >= 15 is 0 Å². The van der Waals surface area contributed by atoms with E-state index in [1.165, 1.54) is 6.08 Å². The van der Waals surface area contributed by atoms with Gasteiger partial charge in [0.2, 0.25) is 5.91 Å². The second kappa shape index (κ2) is 13.2. The van der Waals surface area contributed by atoms with Crippen molar-refractivity contribution >= 4 is 23.6 Å². The van der Waals surface area contributed by atoms with Gasteiger partial charge in [-0.25, -0.2) is 0 Å². The van der Waals surface area contributed by atoms with Crippen LogP contribution in [0.4, 0.5) is 5.69 Å². The lowest BCUT2D eigenvalue weighted by Crippen LogP contribution is -2.34. The summed E-state index contributed by atoms with van der Waals surface area (Å²) in [7, 11) is 0. The maximum Gasteiger partial charge on any atom is 0.251 e. The molecule has 2 aromatic carbocycles. The number of amides is 2. The molecule has 0 saturated heterocycles. The highest BCUT2D eigenvalue weighted by molar-refractivity contribution is 6.02. The summed E-state index contributed by atoms with van der Waals surface area (Å²) < 4.78 is 5.55. The molecule has 0 spiro atoms. The number of likely N-dealkylation sites (N-methyl/N-ethyl adjacent to an activating group) is 1. The Bertz CT molecular complexity index is 841. The third-order valence-corrected chi connectivity index (χ3v) is 4.80. The van der Waals surface area contributed by atoms with Gasteiger partial charge in [0, 0.05) is 30.4 Å². The largest absolute Gasteiger partial charge is 0.494 e. The molecule has 2 aromatic rings. The Balaban J connectivity index is 1.81. The fourth-order valence-corrected chi connectivity index (χ4v) is 2.93. The Morgan fingerprint density at radius 1 is 0.968 bits per heavy atom. The molecule has 0 aromatic heterocycles. The van der Waals surface area contributed by atoms with Crippen LogP contribution in [-0.4, -0.2) is 49.5 Å². The summed E-state index contributed by atoms with van der Waals surface area (Å²) in [5.41, 5.74) is 2.12. The van der Waals surface area contributed by atoms with Crippen LogP contribution in [0.2, 0.25) is 0 Å². The fraction of sp³-hybridized carbons (Fsp3) is 0.360. The third-order valence-electron chi connectivity index (χ3n) is 4.80. The topological polar surface area (TPSA) is 70.7 Å². The number of carbonyl (C=O) groups excluding carboxylic acids is 2. The zero-order valence-electron chi connectivity index (χ0n) is 18.7. The molecule has 0 fully saturated rings. The van der Waals surface area contributed by atoms with Crippen molar-refractivity contribution in [1.29, 1.82) is 0 Å². The summed E-state index contributed by atoms with van der Waals surface area (Å²) in [6.45, 7) is 10.3. The molecule has 0 saturated carbocycles. The van der Waals surface area contributed by atoms with Crippen LogP contribution >= 0.6 is 0 Å². The van der Waals surface area contributed by atoms with Gasteiger partial charge in [-0.3, -0.25) is 9.59 Å². The summed E-state index contributed by atoms with van der Waals surface area (Å²) in [6.07, 6.45) is 4.19. The summed E-state index contributed by atoms with van der Waals surface area (Å²) in [5, 5.41) is 5.73. The van der Waals surface area contributed by atoms with Crippen LogP contribution in [0, 0.1) is 0 Å². The second-order valence-electron chi connectivity index (χ2n) is 7.10. The number of hydrogen-bond donors (Lipinski definition) is 2. The molecule has 6 heteroatoms. The number of rotatable bonds is 12. The smallest absolute Gasteiger partial charge is 0.251 e. The Kier molecular flexibility index (Phi) is 10.3. The van der Waals surface area contributed by atoms with Crippen LogP contribution in [0.25, 0.3) is 6.08 Å². The highest BCUT2D eigenvalue weighted by atomic mass is 16.5. The lowest BCUT2D eigenvalue weighted by atomic mass is 10.2. The quantitative estimate of drug-likeness (QED) is 0.502. The van der Waals surface area contributed by atoms with Gasteiger partial charge in [0.25, 0.3) is 5.91 Å². The Hall–Kier alpha value is -3.12. The summed E-state index contributed by atoms with van der Waals surface area (Å²) in [4.78, 5) is 26.7. The molecule has 0 bridgehead atoms. The van der Waals surface area contributed by atoms with Crippen LogP contribution in [0.1, 0.15) is 43.1 Å². The number of carbonyl (C=O) groups is 2. The lowest BCUT2D eigenvalue weighted by molar-refractivity contribution is -0.111. The maximum atomic E-state index is 12.2. The van der Waals surface area contributed by atoms with Crippen molar-refractivity contribution in [2.75, 3.05) is 38.1 Å². The number of hydrogen-bond acceptors (Lipinski definition) is 4. The molecule has 6 nitrogen and oxygen atoms in total. The SMILES string of the molecule is CCCOc1ccc(/C=C/C(=O)Nc2ccc(C(=O)NCCN(CC)CC)cc2)cc1. The van der Waals surface area contributed by atoms with Gasteiger partial charge in [-0.05, 0) is 67.5 Å². The van der Waals surface area contributed by atoms with E-state index in [2.05, 4.69) is 36.3 Å². The number of nitrogens with one attached hydrogen (secondary N) is 2. The molecule has 0 aliphatic rings. The van der Waals surface area contributed by atoms with E-state index in [1.807, 2.05) is 24.3 Å². The number of ether oxygens (including phenoxy) is 1. The van der Waals surface area contributed by atoms with E-state index in [-0.39, 0.29) is 11.8 Å². The molecule has 0 aliphatic heterocycles. The van der Waals surface area contributed by atoms with Crippen molar-refractivity contribution in [2.45, 2.75) is 27.2 Å². The van der Waals surface area contributed by atoms with Gasteiger partial charge in [0.05, 0.1) is 6.61 Å². The van der Waals surface area contributed by atoms with Crippen molar-refractivity contribution in [3.05, 3.63) is 65.7 Å². The van der Waals surface area contributed by atoms with Crippen LogP contribution < -0.4 is 15.4 Å². The van der Waals surface area contributed by atoms with E-state index in [1.54, 1.807) is 30.3 Å². The van der Waals surface area contributed by atoms with Crippen LogP contribution in [-0.2, 0) is 4.79 Å². The van der Waals surface area contributed by atoms with Gasteiger partial charge < -0.3 is 20.3 Å². The Labute approximate surface area is 185 Å². The average Bonchev–Trinajstić information content (AvgIpc) is 2.80. The minimum atomic E-state index is -0.234. The van der Waals surface area contributed by atoms with Gasteiger partial charge in [-0.2, -0.15) is 0 Å². The van der Waals surface area contributed by atoms with Crippen molar-refractivity contribution in [3.8, 4) is 5.75 Å². The van der Waals surface area contributed by atoms with Crippen molar-refractivity contribution in [3.63, 3.8) is 0 Å². The van der Waals surface area contributed by atoms with Crippen LogP contribution in [0.3, 0.4) is 0 Å². The predicted octanol–water partition coefficient (Wildman–Crippen LogP) is 4.20. The first kappa shape index (κ1) is 24.2.